The third kappa shape index (κ3) is 5.59. The Hall–Kier alpha value is -2.35. The van der Waals surface area contributed by atoms with Gasteiger partial charge in [-0.05, 0) is 54.6 Å². The highest BCUT2D eigenvalue weighted by Crippen LogP contribution is 2.18. The predicted molar refractivity (Wildman–Crippen MR) is 97.0 cm³/mol. The first-order valence-corrected chi connectivity index (χ1v) is 8.59. The number of benzene rings is 1. The molecule has 0 saturated carbocycles. The summed E-state index contributed by atoms with van der Waals surface area (Å²) in [5.41, 5.74) is 0.768. The van der Waals surface area contributed by atoms with E-state index in [0.717, 1.165) is 12.1 Å². The zero-order valence-corrected chi connectivity index (χ0v) is 16.0. The first-order valence-electron chi connectivity index (χ1n) is 8.59. The number of aryl methyl sites for hydroxylation is 1. The van der Waals surface area contributed by atoms with Crippen molar-refractivity contribution in [3.8, 4) is 0 Å². The van der Waals surface area contributed by atoms with Crippen LogP contribution in [-0.4, -0.2) is 58.2 Å². The fourth-order valence-electron chi connectivity index (χ4n) is 3.02. The lowest BCUT2D eigenvalue weighted by Gasteiger charge is -2.29. The molecule has 0 fully saturated rings. The van der Waals surface area contributed by atoms with Crippen LogP contribution in [0.2, 0.25) is 0 Å². The van der Waals surface area contributed by atoms with Gasteiger partial charge in [0.2, 0.25) is 5.91 Å². The van der Waals surface area contributed by atoms with Gasteiger partial charge in [-0.3, -0.25) is 4.79 Å². The minimum atomic E-state index is -0.592. The molecule has 2 rings (SSSR count). The molecule has 0 spiro atoms. The van der Waals surface area contributed by atoms with Crippen LogP contribution in [0.3, 0.4) is 0 Å². The van der Waals surface area contributed by atoms with Gasteiger partial charge in [0, 0.05) is 19.5 Å². The SMILES string of the molecule is Cc1nnnn1[C@H](Cc1ccc(F)cc1)C(=O)NCC(C)(C)CN(C)C. The molecule has 26 heavy (non-hydrogen) atoms. The van der Waals surface area contributed by atoms with Gasteiger partial charge in [-0.1, -0.05) is 26.0 Å². The van der Waals surface area contributed by atoms with Crippen LogP contribution in [0.1, 0.15) is 31.3 Å². The number of rotatable bonds is 8. The number of carbonyl (C=O) groups is 1. The van der Waals surface area contributed by atoms with E-state index in [-0.39, 0.29) is 17.1 Å². The predicted octanol–water partition coefficient (Wildman–Crippen LogP) is 1.61. The standard InChI is InChI=1S/C18H27FN6O/c1-13-21-22-23-25(13)16(10-14-6-8-15(19)9-7-14)17(26)20-11-18(2,3)12-24(4)5/h6-9,16H,10-12H2,1-5H3,(H,20,26)/t16-/m1/s1. The van der Waals surface area contributed by atoms with Crippen LogP contribution < -0.4 is 5.32 Å². The number of carbonyl (C=O) groups excluding carboxylic acids is 1. The van der Waals surface area contributed by atoms with Crippen molar-refractivity contribution >= 4 is 5.91 Å². The zero-order chi connectivity index (χ0) is 19.3. The zero-order valence-electron chi connectivity index (χ0n) is 16.0. The van der Waals surface area contributed by atoms with Crippen molar-refractivity contribution in [2.24, 2.45) is 5.41 Å². The Morgan fingerprint density at radius 2 is 1.96 bits per heavy atom. The van der Waals surface area contributed by atoms with E-state index in [1.807, 2.05) is 14.1 Å². The van der Waals surface area contributed by atoms with E-state index >= 15 is 0 Å². The fraction of sp³-hybridized carbons (Fsp3) is 0.556. The van der Waals surface area contributed by atoms with Crippen molar-refractivity contribution < 1.29 is 9.18 Å². The average molecular weight is 362 g/mol. The topological polar surface area (TPSA) is 75.9 Å². The molecule has 0 radical (unpaired) electrons. The second-order valence-corrected chi connectivity index (χ2v) is 7.64. The number of nitrogens with one attached hydrogen (secondary N) is 1. The van der Waals surface area contributed by atoms with Gasteiger partial charge in [-0.2, -0.15) is 0 Å². The Labute approximate surface area is 153 Å². The molecule has 2 aromatic rings. The number of halogens is 1. The Balaban J connectivity index is 2.14. The molecule has 1 aromatic heterocycles. The molecule has 1 heterocycles. The van der Waals surface area contributed by atoms with Crippen LogP contribution in [0, 0.1) is 18.2 Å². The number of hydrogen-bond donors (Lipinski definition) is 1. The van der Waals surface area contributed by atoms with E-state index < -0.39 is 6.04 Å². The summed E-state index contributed by atoms with van der Waals surface area (Å²) >= 11 is 0. The van der Waals surface area contributed by atoms with Crippen molar-refractivity contribution in [1.82, 2.24) is 30.4 Å². The van der Waals surface area contributed by atoms with Gasteiger partial charge in [-0.15, -0.1) is 5.10 Å². The molecule has 1 atom stereocenters. The Bertz CT molecular complexity index is 726. The highest BCUT2D eigenvalue weighted by atomic mass is 19.1. The molecule has 8 heteroatoms. The van der Waals surface area contributed by atoms with Crippen LogP contribution in [0.15, 0.2) is 24.3 Å². The lowest BCUT2D eigenvalue weighted by molar-refractivity contribution is -0.125. The van der Waals surface area contributed by atoms with E-state index in [9.17, 15) is 9.18 Å². The van der Waals surface area contributed by atoms with Crippen molar-refractivity contribution in [2.75, 3.05) is 27.2 Å². The largest absolute Gasteiger partial charge is 0.354 e. The van der Waals surface area contributed by atoms with Gasteiger partial charge >= 0.3 is 0 Å². The fourth-order valence-corrected chi connectivity index (χ4v) is 3.02. The van der Waals surface area contributed by atoms with E-state index in [1.165, 1.54) is 16.8 Å². The van der Waals surface area contributed by atoms with Gasteiger partial charge in [-0.25, -0.2) is 9.07 Å². The lowest BCUT2D eigenvalue weighted by atomic mass is 9.92. The van der Waals surface area contributed by atoms with E-state index in [0.29, 0.717) is 18.8 Å². The van der Waals surface area contributed by atoms with Crippen LogP contribution in [-0.2, 0) is 11.2 Å². The Kier molecular flexibility index (Phi) is 6.42. The summed E-state index contributed by atoms with van der Waals surface area (Å²) in [6, 6.07) is 5.52. The molecule has 0 unspecified atom stereocenters. The first kappa shape index (κ1) is 20.0. The van der Waals surface area contributed by atoms with Gasteiger partial charge in [0.05, 0.1) is 0 Å². The summed E-state index contributed by atoms with van der Waals surface area (Å²) in [5, 5.41) is 14.5. The third-order valence-corrected chi connectivity index (χ3v) is 4.08. The summed E-state index contributed by atoms with van der Waals surface area (Å²) in [7, 11) is 4.01. The number of hydrogen-bond acceptors (Lipinski definition) is 5. The summed E-state index contributed by atoms with van der Waals surface area (Å²) in [6.45, 7) is 7.33. The lowest BCUT2D eigenvalue weighted by Crippen LogP contribution is -2.43. The Morgan fingerprint density at radius 1 is 1.31 bits per heavy atom. The average Bonchev–Trinajstić information content (AvgIpc) is 2.97. The summed E-state index contributed by atoms with van der Waals surface area (Å²) in [6.07, 6.45) is 0.381. The van der Waals surface area contributed by atoms with Gasteiger partial charge < -0.3 is 10.2 Å². The quantitative estimate of drug-likeness (QED) is 0.772. The minimum absolute atomic E-state index is 0.0742. The van der Waals surface area contributed by atoms with Crippen LogP contribution in [0.5, 0.6) is 0 Å². The molecule has 0 aliphatic heterocycles. The molecule has 1 N–H and O–H groups in total. The molecule has 142 valence electrons. The van der Waals surface area contributed by atoms with Crippen molar-refractivity contribution in [3.63, 3.8) is 0 Å². The number of aromatic nitrogens is 4. The van der Waals surface area contributed by atoms with Crippen molar-refractivity contribution in [1.29, 1.82) is 0 Å². The number of tetrazole rings is 1. The minimum Gasteiger partial charge on any atom is -0.354 e. The second-order valence-electron chi connectivity index (χ2n) is 7.64. The summed E-state index contributed by atoms with van der Waals surface area (Å²) in [4.78, 5) is 15.0. The van der Waals surface area contributed by atoms with Gasteiger partial charge in [0.15, 0.2) is 0 Å². The normalized spacial score (nSPS) is 13.0. The molecule has 0 aliphatic carbocycles. The first-order chi connectivity index (χ1) is 12.2. The third-order valence-electron chi connectivity index (χ3n) is 4.08. The monoisotopic (exact) mass is 362 g/mol. The molecular formula is C18H27FN6O. The van der Waals surface area contributed by atoms with E-state index in [2.05, 4.69) is 39.6 Å². The summed E-state index contributed by atoms with van der Waals surface area (Å²) in [5.74, 6) is 0.0927. The highest BCUT2D eigenvalue weighted by molar-refractivity contribution is 5.80. The van der Waals surface area contributed by atoms with Crippen LogP contribution in [0.4, 0.5) is 4.39 Å². The molecule has 0 aliphatic rings. The maximum atomic E-state index is 13.2. The highest BCUT2D eigenvalue weighted by Gasteiger charge is 2.27. The van der Waals surface area contributed by atoms with Crippen LogP contribution in [0.25, 0.3) is 0 Å². The molecule has 0 bridgehead atoms. The Morgan fingerprint density at radius 3 is 2.50 bits per heavy atom. The van der Waals surface area contributed by atoms with E-state index in [1.54, 1.807) is 19.1 Å². The second kappa shape index (κ2) is 8.35. The molecule has 7 nitrogen and oxygen atoms in total. The molecule has 1 amide bonds. The van der Waals surface area contributed by atoms with Crippen molar-refractivity contribution in [3.05, 3.63) is 41.5 Å². The van der Waals surface area contributed by atoms with Crippen LogP contribution >= 0.6 is 0 Å². The van der Waals surface area contributed by atoms with Gasteiger partial charge in [0.25, 0.3) is 0 Å². The molecular weight excluding hydrogens is 335 g/mol. The molecule has 1 aromatic carbocycles. The maximum Gasteiger partial charge on any atom is 0.245 e. The van der Waals surface area contributed by atoms with Crippen molar-refractivity contribution in [2.45, 2.75) is 33.2 Å². The maximum absolute atomic E-state index is 13.2. The summed E-state index contributed by atoms with van der Waals surface area (Å²) < 4.78 is 14.7. The van der Waals surface area contributed by atoms with Gasteiger partial charge in [0.1, 0.15) is 17.7 Å². The smallest absolute Gasteiger partial charge is 0.245 e. The van der Waals surface area contributed by atoms with E-state index in [4.69, 9.17) is 0 Å². The number of amides is 1. The number of nitrogens with zero attached hydrogens (tertiary/aromatic N) is 5. The molecule has 0 saturated heterocycles.